The molecule has 0 spiro atoms. The van der Waals surface area contributed by atoms with Gasteiger partial charge in [-0.15, -0.1) is 0 Å². The third kappa shape index (κ3) is 5.61. The van der Waals surface area contributed by atoms with Crippen LogP contribution in [0.3, 0.4) is 0 Å². The quantitative estimate of drug-likeness (QED) is 0.631. The molecular formula is C26H32N4O. The summed E-state index contributed by atoms with van der Waals surface area (Å²) in [5, 5.41) is 3.16. The molecule has 0 aliphatic carbocycles. The summed E-state index contributed by atoms with van der Waals surface area (Å²) >= 11 is 0. The molecule has 31 heavy (non-hydrogen) atoms. The second-order valence-corrected chi connectivity index (χ2v) is 8.62. The number of nitrogens with one attached hydrogen (secondary N) is 1. The number of nitrogens with zero attached hydrogens (tertiary/aromatic N) is 3. The van der Waals surface area contributed by atoms with Crippen LogP contribution in [-0.4, -0.2) is 33.4 Å². The first-order chi connectivity index (χ1) is 15.1. The third-order valence-corrected chi connectivity index (χ3v) is 6.35. The lowest BCUT2D eigenvalue weighted by Crippen LogP contribution is -2.40. The van der Waals surface area contributed by atoms with Crippen molar-refractivity contribution < 1.29 is 4.79 Å². The number of aromatic nitrogens is 2. The molecule has 1 fully saturated rings. The number of likely N-dealkylation sites (tertiary alicyclic amines) is 1. The average molecular weight is 417 g/mol. The number of carbonyl (C=O) groups excluding carboxylic acids is 1. The lowest BCUT2D eigenvalue weighted by molar-refractivity contribution is -0.126. The van der Waals surface area contributed by atoms with Gasteiger partial charge in [-0.2, -0.15) is 0 Å². The number of rotatable bonds is 7. The SMILES string of the molecule is Cc1ccccc1CN1CCC(C(=O)NCc2cccc(Cn3ccnc3C)c2)CC1. The summed E-state index contributed by atoms with van der Waals surface area (Å²) < 4.78 is 2.13. The Bertz CT molecular complexity index is 1020. The number of hydrogen-bond acceptors (Lipinski definition) is 3. The normalized spacial score (nSPS) is 15.2. The number of carbonyl (C=O) groups is 1. The van der Waals surface area contributed by atoms with E-state index in [0.29, 0.717) is 6.54 Å². The maximum Gasteiger partial charge on any atom is 0.223 e. The fourth-order valence-corrected chi connectivity index (χ4v) is 4.32. The van der Waals surface area contributed by atoms with Crippen LogP contribution in [-0.2, 0) is 24.4 Å². The molecule has 1 aliphatic heterocycles. The first-order valence-electron chi connectivity index (χ1n) is 11.2. The topological polar surface area (TPSA) is 50.2 Å². The summed E-state index contributed by atoms with van der Waals surface area (Å²) in [6, 6.07) is 17.0. The van der Waals surface area contributed by atoms with E-state index in [9.17, 15) is 4.79 Å². The van der Waals surface area contributed by atoms with E-state index in [0.717, 1.165) is 50.4 Å². The molecule has 0 radical (unpaired) electrons. The van der Waals surface area contributed by atoms with E-state index in [1.165, 1.54) is 16.7 Å². The molecule has 4 rings (SSSR count). The van der Waals surface area contributed by atoms with E-state index in [1.807, 2.05) is 19.3 Å². The van der Waals surface area contributed by atoms with E-state index in [2.05, 4.69) is 75.2 Å². The molecule has 2 aromatic carbocycles. The van der Waals surface area contributed by atoms with E-state index in [1.54, 1.807) is 0 Å². The van der Waals surface area contributed by atoms with E-state index in [4.69, 9.17) is 0 Å². The van der Waals surface area contributed by atoms with Crippen LogP contribution in [0, 0.1) is 19.8 Å². The first kappa shape index (κ1) is 21.3. The van der Waals surface area contributed by atoms with Crippen LogP contribution < -0.4 is 5.32 Å². The minimum atomic E-state index is 0.116. The summed E-state index contributed by atoms with van der Waals surface area (Å²) in [5.74, 6) is 1.31. The number of imidazole rings is 1. The summed E-state index contributed by atoms with van der Waals surface area (Å²) in [7, 11) is 0. The molecular weight excluding hydrogens is 384 g/mol. The predicted molar refractivity (Wildman–Crippen MR) is 124 cm³/mol. The molecule has 0 bridgehead atoms. The molecule has 0 unspecified atom stereocenters. The molecule has 0 saturated carbocycles. The van der Waals surface area contributed by atoms with Crippen LogP contribution in [0.1, 0.15) is 40.9 Å². The molecule has 162 valence electrons. The van der Waals surface area contributed by atoms with Crippen LogP contribution >= 0.6 is 0 Å². The molecule has 1 amide bonds. The Hall–Kier alpha value is -2.92. The van der Waals surface area contributed by atoms with Crippen molar-refractivity contribution in [1.29, 1.82) is 0 Å². The zero-order chi connectivity index (χ0) is 21.6. The van der Waals surface area contributed by atoms with Crippen LogP contribution in [0.2, 0.25) is 0 Å². The fourth-order valence-electron chi connectivity index (χ4n) is 4.32. The molecule has 1 saturated heterocycles. The van der Waals surface area contributed by atoms with Gasteiger partial charge in [0.05, 0.1) is 0 Å². The van der Waals surface area contributed by atoms with Gasteiger partial charge in [0.1, 0.15) is 5.82 Å². The highest BCUT2D eigenvalue weighted by atomic mass is 16.1. The monoisotopic (exact) mass is 416 g/mol. The molecule has 0 atom stereocenters. The molecule has 1 aliphatic rings. The lowest BCUT2D eigenvalue weighted by Gasteiger charge is -2.31. The van der Waals surface area contributed by atoms with Gasteiger partial charge in [0.2, 0.25) is 5.91 Å². The van der Waals surface area contributed by atoms with E-state index < -0.39 is 0 Å². The zero-order valence-electron chi connectivity index (χ0n) is 18.6. The highest BCUT2D eigenvalue weighted by Crippen LogP contribution is 2.20. The molecule has 1 aromatic heterocycles. The molecule has 5 heteroatoms. The van der Waals surface area contributed by atoms with Gasteiger partial charge in [-0.3, -0.25) is 9.69 Å². The maximum absolute atomic E-state index is 12.7. The standard InChI is InChI=1S/C26H32N4O/c1-20-6-3-4-9-25(20)19-29-13-10-24(11-14-29)26(31)28-17-22-7-5-8-23(16-22)18-30-15-12-27-21(30)2/h3-9,12,15-16,24H,10-11,13-14,17-19H2,1-2H3,(H,28,31). The fraction of sp³-hybridized carbons (Fsp3) is 0.385. The van der Waals surface area contributed by atoms with E-state index >= 15 is 0 Å². The lowest BCUT2D eigenvalue weighted by atomic mass is 9.95. The number of benzene rings is 2. The van der Waals surface area contributed by atoms with Crippen molar-refractivity contribution in [2.45, 2.75) is 46.3 Å². The van der Waals surface area contributed by atoms with Crippen LogP contribution in [0.25, 0.3) is 0 Å². The summed E-state index contributed by atoms with van der Waals surface area (Å²) in [4.78, 5) is 19.5. The Kier molecular flexibility index (Phi) is 6.82. The van der Waals surface area contributed by atoms with Crippen molar-refractivity contribution in [1.82, 2.24) is 19.8 Å². The van der Waals surface area contributed by atoms with Gasteiger partial charge in [-0.25, -0.2) is 4.98 Å². The Morgan fingerprint density at radius 2 is 1.81 bits per heavy atom. The Morgan fingerprint density at radius 3 is 2.55 bits per heavy atom. The summed E-state index contributed by atoms with van der Waals surface area (Å²) in [6.07, 6.45) is 5.68. The van der Waals surface area contributed by atoms with Crippen molar-refractivity contribution in [3.63, 3.8) is 0 Å². The van der Waals surface area contributed by atoms with Gasteiger partial charge in [0.15, 0.2) is 0 Å². The number of hydrogen-bond donors (Lipinski definition) is 1. The molecule has 3 aromatic rings. The van der Waals surface area contributed by atoms with Gasteiger partial charge in [-0.05, 0) is 62.0 Å². The smallest absolute Gasteiger partial charge is 0.223 e. The number of piperidine rings is 1. The highest BCUT2D eigenvalue weighted by molar-refractivity contribution is 5.78. The van der Waals surface area contributed by atoms with Crippen molar-refractivity contribution >= 4 is 5.91 Å². The second-order valence-electron chi connectivity index (χ2n) is 8.62. The van der Waals surface area contributed by atoms with Gasteiger partial charge in [-0.1, -0.05) is 48.5 Å². The maximum atomic E-state index is 12.7. The molecule has 5 nitrogen and oxygen atoms in total. The van der Waals surface area contributed by atoms with Crippen molar-refractivity contribution in [3.8, 4) is 0 Å². The van der Waals surface area contributed by atoms with Crippen LogP contribution in [0.15, 0.2) is 60.9 Å². The third-order valence-electron chi connectivity index (χ3n) is 6.35. The van der Waals surface area contributed by atoms with Crippen LogP contribution in [0.4, 0.5) is 0 Å². The zero-order valence-corrected chi connectivity index (χ0v) is 18.6. The highest BCUT2D eigenvalue weighted by Gasteiger charge is 2.25. The van der Waals surface area contributed by atoms with Crippen molar-refractivity contribution in [2.24, 2.45) is 5.92 Å². The second kappa shape index (κ2) is 9.92. The van der Waals surface area contributed by atoms with Crippen molar-refractivity contribution in [2.75, 3.05) is 13.1 Å². The Labute approximate surface area is 185 Å². The number of aryl methyl sites for hydroxylation is 2. The molecule has 2 heterocycles. The largest absolute Gasteiger partial charge is 0.352 e. The molecule has 1 N–H and O–H groups in total. The van der Waals surface area contributed by atoms with Crippen molar-refractivity contribution in [3.05, 3.63) is 89.0 Å². The van der Waals surface area contributed by atoms with E-state index in [-0.39, 0.29) is 11.8 Å². The first-order valence-corrected chi connectivity index (χ1v) is 11.2. The average Bonchev–Trinajstić information content (AvgIpc) is 3.19. The van der Waals surface area contributed by atoms with Crippen LogP contribution in [0.5, 0.6) is 0 Å². The predicted octanol–water partition coefficient (Wildman–Crippen LogP) is 4.08. The van der Waals surface area contributed by atoms with Gasteiger partial charge in [0, 0.05) is 37.9 Å². The Morgan fingerprint density at radius 1 is 1.03 bits per heavy atom. The Balaban J connectivity index is 1.25. The summed E-state index contributed by atoms with van der Waals surface area (Å²) in [6.45, 7) is 8.49. The van der Waals surface area contributed by atoms with Gasteiger partial charge < -0.3 is 9.88 Å². The summed E-state index contributed by atoms with van der Waals surface area (Å²) in [5.41, 5.74) is 5.09. The minimum absolute atomic E-state index is 0.116. The minimum Gasteiger partial charge on any atom is -0.352 e. The van der Waals surface area contributed by atoms with Gasteiger partial charge >= 0.3 is 0 Å². The number of amides is 1. The van der Waals surface area contributed by atoms with Gasteiger partial charge in [0.25, 0.3) is 0 Å².